The van der Waals surface area contributed by atoms with E-state index in [1.165, 1.54) is 12.8 Å². The van der Waals surface area contributed by atoms with Crippen molar-refractivity contribution in [3.63, 3.8) is 0 Å². The van der Waals surface area contributed by atoms with Crippen LogP contribution in [0.2, 0.25) is 0 Å². The van der Waals surface area contributed by atoms with Gasteiger partial charge in [-0.1, -0.05) is 25.8 Å². The quantitative estimate of drug-likeness (QED) is 0.226. The lowest BCUT2D eigenvalue weighted by Gasteiger charge is -2.11. The molecule has 0 spiro atoms. The van der Waals surface area contributed by atoms with Crippen molar-refractivity contribution in [3.8, 4) is 11.5 Å². The van der Waals surface area contributed by atoms with Crippen LogP contribution in [0.1, 0.15) is 31.7 Å². The van der Waals surface area contributed by atoms with Crippen LogP contribution >= 0.6 is 12.2 Å². The summed E-state index contributed by atoms with van der Waals surface area (Å²) >= 11 is 5.05. The van der Waals surface area contributed by atoms with E-state index < -0.39 is 0 Å². The van der Waals surface area contributed by atoms with E-state index in [-0.39, 0.29) is 0 Å². The van der Waals surface area contributed by atoms with Crippen molar-refractivity contribution in [2.24, 2.45) is 5.10 Å². The molecular weight excluding hydrogens is 310 g/mol. The Hall–Kier alpha value is -2.08. The lowest BCUT2D eigenvalue weighted by Crippen LogP contribution is -2.31. The summed E-state index contributed by atoms with van der Waals surface area (Å²) in [6.45, 7) is 7.07. The first-order valence-corrected chi connectivity index (χ1v) is 8.10. The Morgan fingerprint density at radius 2 is 2.17 bits per heavy atom. The molecule has 5 nitrogen and oxygen atoms in total. The van der Waals surface area contributed by atoms with Gasteiger partial charge in [0.25, 0.3) is 0 Å². The molecule has 0 saturated heterocycles. The van der Waals surface area contributed by atoms with Crippen LogP contribution in [0.15, 0.2) is 36.0 Å². The van der Waals surface area contributed by atoms with Crippen LogP contribution < -0.4 is 20.2 Å². The van der Waals surface area contributed by atoms with Gasteiger partial charge >= 0.3 is 0 Å². The monoisotopic (exact) mass is 335 g/mol. The molecule has 0 fully saturated rings. The number of hydrazone groups is 1. The number of ether oxygens (including phenoxy) is 2. The van der Waals surface area contributed by atoms with E-state index in [2.05, 4.69) is 29.3 Å². The first-order chi connectivity index (χ1) is 11.2. The lowest BCUT2D eigenvalue weighted by atomic mass is 10.2. The molecule has 1 rings (SSSR count). The number of benzene rings is 1. The molecule has 0 saturated carbocycles. The number of rotatable bonds is 10. The Morgan fingerprint density at radius 1 is 1.35 bits per heavy atom. The summed E-state index contributed by atoms with van der Waals surface area (Å²) in [5, 5.41) is 7.45. The fourth-order valence-electron chi connectivity index (χ4n) is 1.79. The summed E-state index contributed by atoms with van der Waals surface area (Å²) in [7, 11) is 1.63. The van der Waals surface area contributed by atoms with E-state index in [4.69, 9.17) is 21.7 Å². The van der Waals surface area contributed by atoms with Crippen LogP contribution in [0.5, 0.6) is 11.5 Å². The molecule has 126 valence electrons. The van der Waals surface area contributed by atoms with Crippen LogP contribution in [0, 0.1) is 0 Å². The van der Waals surface area contributed by atoms with Gasteiger partial charge in [-0.2, -0.15) is 5.10 Å². The highest BCUT2D eigenvalue weighted by Crippen LogP contribution is 2.27. The van der Waals surface area contributed by atoms with E-state index in [1.807, 2.05) is 18.2 Å². The number of nitrogens with zero attached hydrogens (tertiary/aromatic N) is 1. The fourth-order valence-corrected chi connectivity index (χ4v) is 1.92. The summed E-state index contributed by atoms with van der Waals surface area (Å²) in [5.41, 5.74) is 3.63. The standard InChI is InChI=1S/C17H25N3O2S/c1-4-6-7-11-22-15-9-8-14(12-16(15)21-3)13-19-20-17(23)18-10-5-2/h5,8-9,12-13H,2,4,6-7,10-11H2,1,3H3,(H2,18,20,23). The minimum atomic E-state index is 0.448. The van der Waals surface area contributed by atoms with Gasteiger partial charge in [0.05, 0.1) is 19.9 Å². The number of hydrogen-bond donors (Lipinski definition) is 2. The first-order valence-electron chi connectivity index (χ1n) is 7.69. The van der Waals surface area contributed by atoms with E-state index in [9.17, 15) is 0 Å². The highest BCUT2D eigenvalue weighted by Gasteiger charge is 2.05. The van der Waals surface area contributed by atoms with Gasteiger partial charge in [-0.25, -0.2) is 0 Å². The van der Waals surface area contributed by atoms with Crippen molar-refractivity contribution in [1.29, 1.82) is 0 Å². The molecule has 0 aromatic heterocycles. The molecule has 0 radical (unpaired) electrons. The highest BCUT2D eigenvalue weighted by molar-refractivity contribution is 7.80. The number of thiocarbonyl (C=S) groups is 1. The van der Waals surface area contributed by atoms with Gasteiger partial charge in [0.1, 0.15) is 0 Å². The summed E-state index contributed by atoms with van der Waals surface area (Å²) in [4.78, 5) is 0. The molecule has 2 N–H and O–H groups in total. The molecule has 0 unspecified atom stereocenters. The fraction of sp³-hybridized carbons (Fsp3) is 0.412. The van der Waals surface area contributed by atoms with Gasteiger partial charge in [-0.3, -0.25) is 5.43 Å². The molecule has 0 aliphatic rings. The Labute approximate surface area is 143 Å². The Balaban J connectivity index is 2.57. The van der Waals surface area contributed by atoms with Crippen LogP contribution in [0.3, 0.4) is 0 Å². The first kappa shape index (κ1) is 19.0. The maximum Gasteiger partial charge on any atom is 0.187 e. The van der Waals surface area contributed by atoms with Crippen LogP contribution in [-0.2, 0) is 0 Å². The van der Waals surface area contributed by atoms with Gasteiger partial charge in [0.15, 0.2) is 16.6 Å². The third-order valence-corrected chi connectivity index (χ3v) is 3.22. The molecule has 0 amide bonds. The maximum atomic E-state index is 5.75. The summed E-state index contributed by atoms with van der Waals surface area (Å²) in [6, 6.07) is 5.68. The van der Waals surface area contributed by atoms with Crippen molar-refractivity contribution in [2.45, 2.75) is 26.2 Å². The zero-order valence-electron chi connectivity index (χ0n) is 13.8. The second kappa shape index (κ2) is 11.5. The number of methoxy groups -OCH3 is 1. The van der Waals surface area contributed by atoms with Crippen LogP contribution in [0.4, 0.5) is 0 Å². The molecule has 6 heteroatoms. The van der Waals surface area contributed by atoms with E-state index in [0.29, 0.717) is 24.0 Å². The third kappa shape index (κ3) is 7.65. The number of nitrogens with one attached hydrogen (secondary N) is 2. The topological polar surface area (TPSA) is 54.9 Å². The molecule has 0 atom stereocenters. The molecule has 23 heavy (non-hydrogen) atoms. The smallest absolute Gasteiger partial charge is 0.187 e. The van der Waals surface area contributed by atoms with E-state index in [0.717, 1.165) is 17.7 Å². The SMILES string of the molecule is C=CCNC(=S)NN=Cc1ccc(OCCCCC)c(OC)c1. The highest BCUT2D eigenvalue weighted by atomic mass is 32.1. The molecule has 0 aliphatic heterocycles. The average Bonchev–Trinajstić information content (AvgIpc) is 2.57. The predicted molar refractivity (Wildman–Crippen MR) is 99.5 cm³/mol. The second-order valence-electron chi connectivity index (χ2n) is 4.83. The maximum absolute atomic E-state index is 5.75. The summed E-state index contributed by atoms with van der Waals surface area (Å²) in [6.07, 6.45) is 6.78. The zero-order valence-corrected chi connectivity index (χ0v) is 14.6. The molecule has 1 aromatic carbocycles. The van der Waals surface area contributed by atoms with E-state index in [1.54, 1.807) is 19.4 Å². The molecule has 0 aliphatic carbocycles. The molecule has 1 aromatic rings. The van der Waals surface area contributed by atoms with Gasteiger partial charge in [-0.15, -0.1) is 6.58 Å². The van der Waals surface area contributed by atoms with Crippen molar-refractivity contribution < 1.29 is 9.47 Å². The Morgan fingerprint density at radius 3 is 2.87 bits per heavy atom. The minimum Gasteiger partial charge on any atom is -0.493 e. The van der Waals surface area contributed by atoms with Crippen molar-refractivity contribution >= 4 is 23.5 Å². The second-order valence-corrected chi connectivity index (χ2v) is 5.24. The Bertz CT molecular complexity index is 533. The lowest BCUT2D eigenvalue weighted by molar-refractivity contribution is 0.286. The summed E-state index contributed by atoms with van der Waals surface area (Å²) < 4.78 is 11.1. The third-order valence-electron chi connectivity index (χ3n) is 2.98. The zero-order chi connectivity index (χ0) is 16.9. The van der Waals surface area contributed by atoms with Crippen molar-refractivity contribution in [2.75, 3.05) is 20.3 Å². The van der Waals surface area contributed by atoms with Crippen molar-refractivity contribution in [1.82, 2.24) is 10.7 Å². The van der Waals surface area contributed by atoms with Gasteiger partial charge in [-0.05, 0) is 42.4 Å². The molecule has 0 bridgehead atoms. The van der Waals surface area contributed by atoms with E-state index >= 15 is 0 Å². The van der Waals surface area contributed by atoms with Crippen LogP contribution in [-0.4, -0.2) is 31.6 Å². The number of hydrogen-bond acceptors (Lipinski definition) is 4. The van der Waals surface area contributed by atoms with Crippen LogP contribution in [0.25, 0.3) is 0 Å². The normalized spacial score (nSPS) is 10.3. The van der Waals surface area contributed by atoms with Gasteiger partial charge in [0, 0.05) is 6.54 Å². The average molecular weight is 335 g/mol. The minimum absolute atomic E-state index is 0.448. The largest absolute Gasteiger partial charge is 0.493 e. The Kier molecular flexibility index (Phi) is 9.47. The number of unbranched alkanes of at least 4 members (excludes halogenated alkanes) is 2. The predicted octanol–water partition coefficient (Wildman–Crippen LogP) is 3.25. The molecular formula is C17H25N3O2S. The van der Waals surface area contributed by atoms with Gasteiger partial charge in [0.2, 0.25) is 0 Å². The van der Waals surface area contributed by atoms with Crippen molar-refractivity contribution in [3.05, 3.63) is 36.4 Å². The van der Waals surface area contributed by atoms with Gasteiger partial charge < -0.3 is 14.8 Å². The molecule has 0 heterocycles. The summed E-state index contributed by atoms with van der Waals surface area (Å²) in [5.74, 6) is 1.44.